The van der Waals surface area contributed by atoms with Crippen LogP contribution in [0.5, 0.6) is 0 Å². The molecule has 2 bridgehead atoms. The van der Waals surface area contributed by atoms with E-state index in [1.54, 1.807) is 6.08 Å². The Bertz CT molecular complexity index is 569. The third-order valence-corrected chi connectivity index (χ3v) is 5.66. The summed E-state index contributed by atoms with van der Waals surface area (Å²) < 4.78 is 12.1. The van der Waals surface area contributed by atoms with E-state index in [9.17, 15) is 9.90 Å². The Morgan fingerprint density at radius 3 is 2.65 bits per heavy atom. The van der Waals surface area contributed by atoms with Gasteiger partial charge >= 0.3 is 5.97 Å². The fourth-order valence-corrected chi connectivity index (χ4v) is 3.78. The van der Waals surface area contributed by atoms with Crippen LogP contribution in [0.15, 0.2) is 23.3 Å². The maximum atomic E-state index is 12.7. The van der Waals surface area contributed by atoms with Crippen LogP contribution < -0.4 is 0 Å². The molecule has 0 radical (unpaired) electrons. The molecule has 0 aromatic rings. The third-order valence-electron chi connectivity index (χ3n) is 5.66. The number of aliphatic hydroxyl groups excluding tert-OH is 3. The van der Waals surface area contributed by atoms with Gasteiger partial charge in [-0.1, -0.05) is 23.3 Å². The fraction of sp³-hybridized carbons (Fsp3) is 0.750. The summed E-state index contributed by atoms with van der Waals surface area (Å²) in [5, 5.41) is 28.8. The summed E-state index contributed by atoms with van der Waals surface area (Å²) >= 11 is 0. The molecule has 3 heterocycles. The summed E-state index contributed by atoms with van der Waals surface area (Å²) in [6.07, 6.45) is 5.65. The lowest BCUT2D eigenvalue weighted by Crippen LogP contribution is -2.61. The number of rotatable bonds is 8. The minimum absolute atomic E-state index is 0.00278. The second-order valence-corrected chi connectivity index (χ2v) is 7.77. The first-order valence-electron chi connectivity index (χ1n) is 9.39. The summed E-state index contributed by atoms with van der Waals surface area (Å²) in [6, 6.07) is 0. The Morgan fingerprint density at radius 2 is 2.00 bits per heavy atom. The zero-order chi connectivity index (χ0) is 19.4. The Morgan fingerprint density at radius 1 is 1.27 bits per heavy atom. The van der Waals surface area contributed by atoms with E-state index in [1.807, 2.05) is 26.8 Å². The molecule has 0 aromatic heterocycles. The molecule has 3 aliphatic rings. The molecule has 3 N–H and O–H groups in total. The molecule has 0 amide bonds. The van der Waals surface area contributed by atoms with Crippen LogP contribution in [-0.4, -0.2) is 57.9 Å². The van der Waals surface area contributed by atoms with Gasteiger partial charge in [0.15, 0.2) is 5.60 Å². The first-order valence-corrected chi connectivity index (χ1v) is 9.39. The normalized spacial score (nSPS) is 35.4. The Labute approximate surface area is 155 Å². The summed E-state index contributed by atoms with van der Waals surface area (Å²) in [6.45, 7) is 5.61. The molecule has 4 atom stereocenters. The summed E-state index contributed by atoms with van der Waals surface area (Å²) in [7, 11) is 0. The van der Waals surface area contributed by atoms with E-state index in [4.69, 9.17) is 19.7 Å². The predicted molar refractivity (Wildman–Crippen MR) is 97.5 cm³/mol. The van der Waals surface area contributed by atoms with Crippen molar-refractivity contribution in [1.82, 2.24) is 0 Å². The Balaban J connectivity index is 2.19. The molecule has 0 aliphatic carbocycles. The van der Waals surface area contributed by atoms with Crippen molar-refractivity contribution in [2.75, 3.05) is 13.2 Å². The highest BCUT2D eigenvalue weighted by atomic mass is 16.6. The van der Waals surface area contributed by atoms with Crippen molar-refractivity contribution >= 4 is 5.97 Å². The van der Waals surface area contributed by atoms with Gasteiger partial charge in [0.25, 0.3) is 0 Å². The lowest BCUT2D eigenvalue weighted by Gasteiger charge is -2.46. The second kappa shape index (κ2) is 8.65. The molecule has 3 saturated heterocycles. The Kier molecular flexibility index (Phi) is 7.02. The molecule has 4 unspecified atom stereocenters. The first kappa shape index (κ1) is 21.1. The number of esters is 1. The molecule has 3 rings (SSSR count). The smallest absolute Gasteiger partial charge is 0.341 e. The topological polar surface area (TPSA) is 96.2 Å². The molecule has 3 aliphatic heterocycles. The van der Waals surface area contributed by atoms with Crippen molar-refractivity contribution in [2.45, 2.75) is 82.7 Å². The number of hydrogen-bond donors (Lipinski definition) is 3. The van der Waals surface area contributed by atoms with Gasteiger partial charge in [-0.15, -0.1) is 0 Å². The largest absolute Gasteiger partial charge is 0.454 e. The minimum atomic E-state index is -1.35. The number of fused-ring (bicyclic) bond motifs is 4. The van der Waals surface area contributed by atoms with Gasteiger partial charge in [0, 0.05) is 0 Å². The summed E-state index contributed by atoms with van der Waals surface area (Å²) in [4.78, 5) is 12.7. The fourth-order valence-electron chi connectivity index (χ4n) is 3.78. The zero-order valence-corrected chi connectivity index (χ0v) is 16.0. The van der Waals surface area contributed by atoms with Gasteiger partial charge < -0.3 is 24.8 Å². The van der Waals surface area contributed by atoms with Crippen molar-refractivity contribution in [2.24, 2.45) is 0 Å². The molecule has 3 fully saturated rings. The van der Waals surface area contributed by atoms with Gasteiger partial charge in [0.1, 0.15) is 5.60 Å². The van der Waals surface area contributed by atoms with Crippen molar-refractivity contribution < 1.29 is 29.6 Å². The highest BCUT2D eigenvalue weighted by molar-refractivity contribution is 5.82. The van der Waals surface area contributed by atoms with E-state index in [2.05, 4.69) is 0 Å². The number of carbonyl (C=O) groups excluding carboxylic acids is 1. The summed E-state index contributed by atoms with van der Waals surface area (Å²) in [5.74, 6) is -0.487. The van der Waals surface area contributed by atoms with Crippen LogP contribution in [0.4, 0.5) is 0 Å². The molecule has 26 heavy (non-hydrogen) atoms. The van der Waals surface area contributed by atoms with Crippen LogP contribution in [0, 0.1) is 0 Å². The average Bonchev–Trinajstić information content (AvgIpc) is 2.76. The molecule has 6 heteroatoms. The monoisotopic (exact) mass is 368 g/mol. The van der Waals surface area contributed by atoms with Crippen LogP contribution >= 0.6 is 0 Å². The number of hydrogen-bond acceptors (Lipinski definition) is 6. The zero-order valence-electron chi connectivity index (χ0n) is 16.0. The van der Waals surface area contributed by atoms with Gasteiger partial charge in [-0.25, -0.2) is 4.79 Å². The minimum Gasteiger partial charge on any atom is -0.454 e. The molecule has 6 nitrogen and oxygen atoms in total. The van der Waals surface area contributed by atoms with Crippen LogP contribution in [0.1, 0.15) is 59.3 Å². The molecular formula is C20H32O6. The maximum Gasteiger partial charge on any atom is 0.341 e. The lowest BCUT2D eigenvalue weighted by atomic mass is 9.88. The quantitative estimate of drug-likeness (QED) is 0.448. The molecular weight excluding hydrogens is 336 g/mol. The van der Waals surface area contributed by atoms with Gasteiger partial charge in [-0.3, -0.25) is 0 Å². The lowest BCUT2D eigenvalue weighted by molar-refractivity contribution is -0.258. The SMILES string of the molecule is CC(=CCCC12OC(CCC(C)=CCO)C(C)(CCC1O)OC2=O)CO. The summed E-state index contributed by atoms with van der Waals surface area (Å²) in [5.41, 5.74) is -0.210. The molecule has 0 spiro atoms. The number of aliphatic hydroxyl groups is 3. The number of carbonyl (C=O) groups is 1. The van der Waals surface area contributed by atoms with Gasteiger partial charge in [-0.2, -0.15) is 0 Å². The van der Waals surface area contributed by atoms with Crippen molar-refractivity contribution in [1.29, 1.82) is 0 Å². The highest BCUT2D eigenvalue weighted by Gasteiger charge is 2.61. The molecule has 0 saturated carbocycles. The van der Waals surface area contributed by atoms with E-state index in [-0.39, 0.29) is 19.3 Å². The second-order valence-electron chi connectivity index (χ2n) is 7.77. The van der Waals surface area contributed by atoms with Gasteiger partial charge in [0.05, 0.1) is 25.4 Å². The van der Waals surface area contributed by atoms with E-state index < -0.39 is 23.3 Å². The van der Waals surface area contributed by atoms with Crippen LogP contribution in [-0.2, 0) is 14.3 Å². The standard InChI is InChI=1S/C20H32O6/c1-14(9-12-21)6-7-17-19(3)11-8-16(23)20(25-17,18(24)26-19)10-4-5-15(2)13-22/h5,9,16-17,21-23H,4,6-8,10-13H2,1-3H3. The van der Waals surface area contributed by atoms with Crippen molar-refractivity contribution in [3.63, 3.8) is 0 Å². The van der Waals surface area contributed by atoms with E-state index >= 15 is 0 Å². The predicted octanol–water partition coefficient (Wildman–Crippen LogP) is 2.02. The number of ether oxygens (including phenoxy) is 2. The van der Waals surface area contributed by atoms with Crippen molar-refractivity contribution in [3.8, 4) is 0 Å². The third kappa shape index (κ3) is 4.36. The molecule has 148 valence electrons. The van der Waals surface area contributed by atoms with Gasteiger partial charge in [-0.05, 0) is 59.3 Å². The maximum absolute atomic E-state index is 12.7. The number of allylic oxidation sites excluding steroid dienone is 2. The Hall–Kier alpha value is -1.21. The molecule has 0 aromatic carbocycles. The average molecular weight is 368 g/mol. The van der Waals surface area contributed by atoms with Crippen LogP contribution in [0.3, 0.4) is 0 Å². The highest BCUT2D eigenvalue weighted by Crippen LogP contribution is 2.46. The van der Waals surface area contributed by atoms with Crippen LogP contribution in [0.25, 0.3) is 0 Å². The van der Waals surface area contributed by atoms with E-state index in [1.165, 1.54) is 0 Å². The van der Waals surface area contributed by atoms with Gasteiger partial charge in [0.2, 0.25) is 0 Å². The van der Waals surface area contributed by atoms with E-state index in [0.717, 1.165) is 17.6 Å². The van der Waals surface area contributed by atoms with Crippen molar-refractivity contribution in [3.05, 3.63) is 23.3 Å². The van der Waals surface area contributed by atoms with Crippen LogP contribution in [0.2, 0.25) is 0 Å². The first-order chi connectivity index (χ1) is 12.3. The van der Waals surface area contributed by atoms with E-state index in [0.29, 0.717) is 32.1 Å².